The summed E-state index contributed by atoms with van der Waals surface area (Å²) in [4.78, 5) is 107. The summed E-state index contributed by atoms with van der Waals surface area (Å²) in [5.41, 5.74) is -14.4. The minimum atomic E-state index is -3.51. The van der Waals surface area contributed by atoms with Crippen molar-refractivity contribution >= 4 is 192 Å². The number of esters is 1. The molecular formula is C35H42O21S9. The lowest BCUT2D eigenvalue weighted by molar-refractivity contribution is -0.159. The third kappa shape index (κ3) is 15.7. The zero-order chi connectivity index (χ0) is 50.9. The van der Waals surface area contributed by atoms with Crippen molar-refractivity contribution in [2.24, 2.45) is 16.2 Å². The number of thiol groups is 3. The number of carbonyl (C=O) groups excluding carboxylic acids is 4. The largest absolute Gasteiger partial charge is 0.481 e. The van der Waals surface area contributed by atoms with Crippen LogP contribution < -0.4 is 0 Å². The van der Waals surface area contributed by atoms with E-state index in [-0.39, 0.29) is 0 Å². The highest BCUT2D eigenvalue weighted by atomic mass is 32.1. The van der Waals surface area contributed by atoms with Gasteiger partial charge in [-0.3, -0.25) is 43.2 Å². The Balaban J connectivity index is 8.55. The van der Waals surface area contributed by atoms with Crippen LogP contribution in [0.5, 0.6) is 0 Å². The van der Waals surface area contributed by atoms with Gasteiger partial charge in [0.25, 0.3) is 0 Å². The van der Waals surface area contributed by atoms with Gasteiger partial charge in [-0.25, -0.2) is 0 Å². The first-order valence-corrected chi connectivity index (χ1v) is 21.6. The number of carboxylic acids is 5. The molecule has 1 atom stereocenters. The summed E-state index contributed by atoms with van der Waals surface area (Å²) in [6.07, 6.45) is -11.2. The van der Waals surface area contributed by atoms with Crippen molar-refractivity contribution in [1.29, 1.82) is 0 Å². The van der Waals surface area contributed by atoms with Crippen molar-refractivity contribution in [2.75, 3.05) is 33.0 Å². The Morgan fingerprint density at radius 3 is 1.00 bits per heavy atom. The van der Waals surface area contributed by atoms with Crippen LogP contribution >= 0.6 is 111 Å². The highest BCUT2D eigenvalue weighted by Crippen LogP contribution is 2.53. The van der Waals surface area contributed by atoms with E-state index in [1.807, 2.05) is 0 Å². The standard InChI is InChI=1S/C35H42O21S9/c36-2-1-31(12-37,32(9-26(51)61,10-27(52)62)11-28(53)63)15-54-25(50)8-30(65)56-35(18(59)5-22(44)45,19(60)6-23(46)47)33(13-38,14-39)34(16(57)3-20(40)41,17(58)4-21(42)43)55-29(64)7-24(48)49/h36-39H,1-15H2,(H,40,41)(H,42,43)(H,44,45)(H,46,47)(H,48,49)(H,51,61)(H,52,62)(H,53,63). The lowest BCUT2D eigenvalue weighted by Crippen LogP contribution is -2.77. The van der Waals surface area contributed by atoms with E-state index in [0.29, 0.717) is 0 Å². The van der Waals surface area contributed by atoms with Gasteiger partial charge in [0.1, 0.15) is 18.3 Å². The highest BCUT2D eigenvalue weighted by molar-refractivity contribution is 7.97. The average Bonchev–Trinajstić information content (AvgIpc) is 3.13. The average molecular weight is 1090 g/mol. The predicted octanol–water partition coefficient (Wildman–Crippen LogP) is 0.796. The number of ether oxygens (including phenoxy) is 3. The SMILES string of the molecule is O=C(O)CC(=S)OC(C(=S)CC(=O)O)(C(=S)CC(=O)O)C(CO)(CO)C(OC(=S)CC(=O)OCC(CO)(CCO)C(CC(=O)S)(CC(=O)S)CC(=O)S)(C(=S)CC(=O)O)C(=S)CC(=O)O. The second kappa shape index (κ2) is 27.0. The van der Waals surface area contributed by atoms with E-state index in [1.54, 1.807) is 0 Å². The Labute approximate surface area is 417 Å². The quantitative estimate of drug-likeness (QED) is 0.0241. The molecule has 1 unspecified atom stereocenters. The Kier molecular flexibility index (Phi) is 25.7. The van der Waals surface area contributed by atoms with E-state index in [4.69, 9.17) is 87.5 Å². The van der Waals surface area contributed by atoms with Gasteiger partial charge < -0.3 is 60.2 Å². The summed E-state index contributed by atoms with van der Waals surface area (Å²) in [7, 11) is 0. The maximum Gasteiger partial charge on any atom is 0.314 e. The molecule has 0 amide bonds. The zero-order valence-corrected chi connectivity index (χ0v) is 40.9. The van der Waals surface area contributed by atoms with Crippen LogP contribution in [0.15, 0.2) is 0 Å². The van der Waals surface area contributed by atoms with Crippen LogP contribution in [0, 0.1) is 16.2 Å². The van der Waals surface area contributed by atoms with Crippen molar-refractivity contribution in [3.63, 3.8) is 0 Å². The topological polar surface area (TPSA) is 363 Å². The number of carboxylic acid groups (broad SMARTS) is 5. The van der Waals surface area contributed by atoms with Crippen molar-refractivity contribution in [3.05, 3.63) is 0 Å². The second-order valence-electron chi connectivity index (χ2n) is 14.0. The van der Waals surface area contributed by atoms with Gasteiger partial charge in [0.2, 0.25) is 0 Å². The molecule has 0 fully saturated rings. The molecule has 0 aliphatic rings. The fourth-order valence-electron chi connectivity index (χ4n) is 7.13. The molecule has 0 bridgehead atoms. The molecule has 0 radical (unpaired) electrons. The van der Waals surface area contributed by atoms with Gasteiger partial charge in [0.15, 0.2) is 36.6 Å². The molecule has 65 heavy (non-hydrogen) atoms. The molecule has 0 aliphatic carbocycles. The van der Waals surface area contributed by atoms with Crippen molar-refractivity contribution in [3.8, 4) is 0 Å². The first-order valence-electron chi connectivity index (χ1n) is 17.8. The summed E-state index contributed by atoms with van der Waals surface area (Å²) in [5.74, 6) is -10.6. The molecule has 0 spiro atoms. The monoisotopic (exact) mass is 1090 g/mol. The van der Waals surface area contributed by atoms with Crippen LogP contribution in [0.25, 0.3) is 0 Å². The number of thiocarbonyl (C=S) groups is 6. The fraction of sp³-hybridized carbons (Fsp3) is 0.571. The number of hydrogen-bond donors (Lipinski definition) is 12. The summed E-state index contributed by atoms with van der Waals surface area (Å²) in [6.45, 7) is -6.62. The molecule has 0 saturated heterocycles. The lowest BCUT2D eigenvalue weighted by atomic mass is 9.55. The molecule has 0 aromatic heterocycles. The number of rotatable bonds is 34. The van der Waals surface area contributed by atoms with E-state index in [2.05, 4.69) is 37.9 Å². The molecule has 362 valence electrons. The first kappa shape index (κ1) is 61.9. The minimum absolute atomic E-state index is 0.565. The van der Waals surface area contributed by atoms with Gasteiger partial charge in [-0.05, 0) is 30.9 Å². The van der Waals surface area contributed by atoms with Crippen LogP contribution in [0.1, 0.15) is 64.2 Å². The Bertz CT molecular complexity index is 1880. The molecule has 0 rings (SSSR count). The third-order valence-corrected chi connectivity index (χ3v) is 12.5. The van der Waals surface area contributed by atoms with Crippen LogP contribution in [0.4, 0.5) is 0 Å². The molecule has 9 N–H and O–H groups in total. The van der Waals surface area contributed by atoms with Crippen LogP contribution in [-0.4, -0.2) is 171 Å². The number of carbonyl (C=O) groups is 9. The molecule has 0 aromatic rings. The van der Waals surface area contributed by atoms with Gasteiger partial charge in [0, 0.05) is 36.7 Å². The maximum absolute atomic E-state index is 13.7. The number of aliphatic carboxylic acids is 5. The summed E-state index contributed by atoms with van der Waals surface area (Å²) in [6, 6.07) is 0. The molecule has 0 heterocycles. The zero-order valence-electron chi connectivity index (χ0n) is 33.3. The number of hydrogen-bond acceptors (Lipinski definition) is 22. The Morgan fingerprint density at radius 2 is 0.754 bits per heavy atom. The lowest BCUT2D eigenvalue weighted by Gasteiger charge is -2.57. The molecular weight excluding hydrogens is 1040 g/mol. The van der Waals surface area contributed by atoms with E-state index in [0.717, 1.165) is 0 Å². The third-order valence-electron chi connectivity index (χ3n) is 9.82. The van der Waals surface area contributed by atoms with Gasteiger partial charge in [-0.15, -0.1) is 37.9 Å². The van der Waals surface area contributed by atoms with Gasteiger partial charge in [-0.1, -0.05) is 48.9 Å². The molecule has 21 nitrogen and oxygen atoms in total. The Morgan fingerprint density at radius 1 is 0.446 bits per heavy atom. The van der Waals surface area contributed by atoms with Crippen LogP contribution in [0.3, 0.4) is 0 Å². The molecule has 0 saturated carbocycles. The smallest absolute Gasteiger partial charge is 0.314 e. The van der Waals surface area contributed by atoms with E-state index in [9.17, 15) is 89.1 Å². The molecule has 30 heteroatoms. The van der Waals surface area contributed by atoms with Crippen LogP contribution in [0.2, 0.25) is 0 Å². The van der Waals surface area contributed by atoms with E-state index in [1.165, 1.54) is 0 Å². The number of aliphatic hydroxyl groups is 4. The van der Waals surface area contributed by atoms with Gasteiger partial charge in [-0.2, -0.15) is 0 Å². The van der Waals surface area contributed by atoms with Crippen molar-refractivity contribution < 1.29 is 103 Å². The van der Waals surface area contributed by atoms with Crippen molar-refractivity contribution in [1.82, 2.24) is 0 Å². The highest BCUT2D eigenvalue weighted by Gasteiger charge is 2.73. The number of aliphatic hydroxyl groups excluding tert-OH is 4. The molecule has 0 aromatic carbocycles. The van der Waals surface area contributed by atoms with Gasteiger partial charge in [0.05, 0.1) is 71.6 Å². The second-order valence-corrected chi connectivity index (χ2v) is 18.4. The summed E-state index contributed by atoms with van der Waals surface area (Å²) in [5, 5.41) is 88.0. The maximum atomic E-state index is 13.7. The molecule has 0 aliphatic heterocycles. The fourth-order valence-corrected chi connectivity index (χ4v) is 10.6. The van der Waals surface area contributed by atoms with Gasteiger partial charge >= 0.3 is 35.8 Å². The normalized spacial score (nSPS) is 12.7. The minimum Gasteiger partial charge on any atom is -0.481 e. The van der Waals surface area contributed by atoms with E-state index < -0.39 is 205 Å². The predicted molar refractivity (Wildman–Crippen MR) is 256 cm³/mol. The summed E-state index contributed by atoms with van der Waals surface area (Å²) >= 11 is 43.4. The van der Waals surface area contributed by atoms with Crippen LogP contribution in [-0.2, 0) is 57.4 Å². The van der Waals surface area contributed by atoms with E-state index >= 15 is 0 Å². The summed E-state index contributed by atoms with van der Waals surface area (Å²) < 4.78 is 17.2. The van der Waals surface area contributed by atoms with Crippen molar-refractivity contribution in [2.45, 2.75) is 75.4 Å². The Hall–Kier alpha value is -3.14. The first-order chi connectivity index (χ1) is 29.9.